The van der Waals surface area contributed by atoms with Gasteiger partial charge < -0.3 is 14.9 Å². The van der Waals surface area contributed by atoms with Gasteiger partial charge in [-0.3, -0.25) is 0 Å². The highest BCUT2D eigenvalue weighted by molar-refractivity contribution is 5.66. The molecule has 0 aromatic carbocycles. The minimum absolute atomic E-state index is 0.360. The molecule has 0 radical (unpaired) electrons. The molecular formula is C9H14FNO2. The monoisotopic (exact) mass is 187 g/mol. The Labute approximate surface area is 76.7 Å². The lowest BCUT2D eigenvalue weighted by Gasteiger charge is -2.33. The van der Waals surface area contributed by atoms with Crippen molar-refractivity contribution in [1.82, 2.24) is 5.32 Å². The van der Waals surface area contributed by atoms with E-state index >= 15 is 0 Å². The molecule has 74 valence electrons. The van der Waals surface area contributed by atoms with Crippen LogP contribution in [0.5, 0.6) is 0 Å². The maximum atomic E-state index is 13.0. The zero-order chi connectivity index (χ0) is 9.84. The van der Waals surface area contributed by atoms with Gasteiger partial charge in [0.2, 0.25) is 0 Å². The van der Waals surface area contributed by atoms with E-state index in [9.17, 15) is 14.0 Å². The smallest absolute Gasteiger partial charge is 0.125 e. The highest BCUT2D eigenvalue weighted by Gasteiger charge is 2.35. The fourth-order valence-corrected chi connectivity index (χ4v) is 1.82. The number of carbonyl (C=O) groups is 2. The van der Waals surface area contributed by atoms with Gasteiger partial charge in [-0.15, -0.1) is 0 Å². The highest BCUT2D eigenvalue weighted by Crippen LogP contribution is 2.25. The number of carbonyl (C=O) groups excluding carboxylic acids is 2. The van der Waals surface area contributed by atoms with Crippen molar-refractivity contribution in [3.63, 3.8) is 0 Å². The van der Waals surface area contributed by atoms with Crippen LogP contribution in [0.1, 0.15) is 6.92 Å². The Morgan fingerprint density at radius 1 is 1.38 bits per heavy atom. The summed E-state index contributed by atoms with van der Waals surface area (Å²) in [5.41, 5.74) is 0. The second-order valence-corrected chi connectivity index (χ2v) is 3.51. The molecule has 0 aliphatic carbocycles. The van der Waals surface area contributed by atoms with Crippen molar-refractivity contribution >= 4 is 12.6 Å². The van der Waals surface area contributed by atoms with Gasteiger partial charge in [0.15, 0.2) is 0 Å². The summed E-state index contributed by atoms with van der Waals surface area (Å²) in [4.78, 5) is 21.3. The average molecular weight is 187 g/mol. The van der Waals surface area contributed by atoms with Crippen LogP contribution in [0.25, 0.3) is 0 Å². The van der Waals surface area contributed by atoms with Crippen molar-refractivity contribution in [3.05, 3.63) is 0 Å². The van der Waals surface area contributed by atoms with E-state index in [1.807, 2.05) is 0 Å². The van der Waals surface area contributed by atoms with E-state index < -0.39 is 12.1 Å². The average Bonchev–Trinajstić information content (AvgIpc) is 2.16. The molecule has 4 atom stereocenters. The van der Waals surface area contributed by atoms with Gasteiger partial charge in [-0.1, -0.05) is 0 Å². The number of piperidine rings is 1. The van der Waals surface area contributed by atoms with E-state index in [0.29, 0.717) is 19.4 Å². The summed E-state index contributed by atoms with van der Waals surface area (Å²) in [6, 6.07) is 0. The Kier molecular flexibility index (Phi) is 3.54. The Hall–Kier alpha value is -0.770. The van der Waals surface area contributed by atoms with Gasteiger partial charge in [-0.05, 0) is 6.92 Å². The molecule has 0 bridgehead atoms. The molecular weight excluding hydrogens is 173 g/mol. The summed E-state index contributed by atoms with van der Waals surface area (Å²) in [6.45, 7) is 2.39. The third kappa shape index (κ3) is 2.12. The minimum atomic E-state index is -1.05. The fraction of sp³-hybridized carbons (Fsp3) is 0.778. The molecule has 0 aromatic heterocycles. The number of rotatable bonds is 3. The molecule has 0 saturated carbocycles. The Balaban J connectivity index is 2.72. The van der Waals surface area contributed by atoms with Crippen molar-refractivity contribution in [3.8, 4) is 0 Å². The zero-order valence-electron chi connectivity index (χ0n) is 7.57. The Bertz CT molecular complexity index is 196. The van der Waals surface area contributed by atoms with Gasteiger partial charge in [0.1, 0.15) is 18.7 Å². The lowest BCUT2D eigenvalue weighted by atomic mass is 9.78. The first kappa shape index (κ1) is 10.3. The van der Waals surface area contributed by atoms with Gasteiger partial charge in [0.25, 0.3) is 0 Å². The maximum Gasteiger partial charge on any atom is 0.125 e. The van der Waals surface area contributed by atoms with Gasteiger partial charge in [0, 0.05) is 30.8 Å². The molecule has 1 heterocycles. The highest BCUT2D eigenvalue weighted by atomic mass is 19.1. The molecule has 1 saturated heterocycles. The molecule has 0 spiro atoms. The second kappa shape index (κ2) is 4.46. The number of alkyl halides is 1. The van der Waals surface area contributed by atoms with E-state index in [-0.39, 0.29) is 11.8 Å². The summed E-state index contributed by atoms with van der Waals surface area (Å²) >= 11 is 0. The van der Waals surface area contributed by atoms with Crippen molar-refractivity contribution in [2.45, 2.75) is 13.1 Å². The number of halogens is 1. The SMILES string of the molecule is C[C@H](F)[C@H]1CNC[C@H](C=O)[C@H]1C=O. The lowest BCUT2D eigenvalue weighted by molar-refractivity contribution is -0.123. The molecule has 13 heavy (non-hydrogen) atoms. The van der Waals surface area contributed by atoms with Crippen LogP contribution in [0.2, 0.25) is 0 Å². The van der Waals surface area contributed by atoms with E-state index in [1.54, 1.807) is 0 Å². The van der Waals surface area contributed by atoms with Crippen molar-refractivity contribution < 1.29 is 14.0 Å². The first-order valence-electron chi connectivity index (χ1n) is 4.46. The van der Waals surface area contributed by atoms with Crippen LogP contribution >= 0.6 is 0 Å². The molecule has 1 aliphatic rings. The quantitative estimate of drug-likeness (QED) is 0.642. The summed E-state index contributed by atoms with van der Waals surface area (Å²) in [6.07, 6.45) is 0.395. The summed E-state index contributed by atoms with van der Waals surface area (Å²) in [7, 11) is 0. The van der Waals surface area contributed by atoms with Crippen LogP contribution in [0, 0.1) is 17.8 Å². The van der Waals surface area contributed by atoms with Crippen molar-refractivity contribution in [2.75, 3.05) is 13.1 Å². The molecule has 3 nitrogen and oxygen atoms in total. The predicted molar refractivity (Wildman–Crippen MR) is 46.0 cm³/mol. The maximum absolute atomic E-state index is 13.0. The molecule has 1 rings (SSSR count). The normalized spacial score (nSPS) is 36.6. The minimum Gasteiger partial charge on any atom is -0.316 e. The van der Waals surface area contributed by atoms with E-state index in [1.165, 1.54) is 6.92 Å². The molecule has 0 aromatic rings. The van der Waals surface area contributed by atoms with E-state index in [4.69, 9.17) is 0 Å². The van der Waals surface area contributed by atoms with E-state index in [0.717, 1.165) is 6.29 Å². The van der Waals surface area contributed by atoms with Crippen molar-refractivity contribution in [2.24, 2.45) is 17.8 Å². The number of nitrogens with one attached hydrogen (secondary N) is 1. The Morgan fingerprint density at radius 2 is 2.08 bits per heavy atom. The third-order valence-electron chi connectivity index (χ3n) is 2.67. The predicted octanol–water partition coefficient (Wildman–Crippen LogP) is 0.194. The lowest BCUT2D eigenvalue weighted by Crippen LogP contribution is -2.47. The van der Waals surface area contributed by atoms with Crippen LogP contribution in [0.3, 0.4) is 0 Å². The van der Waals surface area contributed by atoms with Gasteiger partial charge in [0.05, 0.1) is 0 Å². The second-order valence-electron chi connectivity index (χ2n) is 3.51. The number of hydrogen-bond donors (Lipinski definition) is 1. The van der Waals surface area contributed by atoms with E-state index in [2.05, 4.69) is 5.32 Å². The van der Waals surface area contributed by atoms with Gasteiger partial charge in [-0.25, -0.2) is 4.39 Å². The summed E-state index contributed by atoms with van der Waals surface area (Å²) in [5.74, 6) is -1.19. The van der Waals surface area contributed by atoms with Gasteiger partial charge in [-0.2, -0.15) is 0 Å². The topological polar surface area (TPSA) is 46.2 Å². The molecule has 1 fully saturated rings. The first-order chi connectivity index (χ1) is 6.20. The number of aldehydes is 2. The fourth-order valence-electron chi connectivity index (χ4n) is 1.82. The van der Waals surface area contributed by atoms with Crippen LogP contribution in [-0.4, -0.2) is 31.8 Å². The molecule has 0 amide bonds. The number of hydrogen-bond acceptors (Lipinski definition) is 3. The third-order valence-corrected chi connectivity index (χ3v) is 2.67. The van der Waals surface area contributed by atoms with Crippen LogP contribution in [0.15, 0.2) is 0 Å². The first-order valence-corrected chi connectivity index (χ1v) is 4.46. The molecule has 1 aliphatic heterocycles. The van der Waals surface area contributed by atoms with Gasteiger partial charge >= 0.3 is 0 Å². The summed E-state index contributed by atoms with van der Waals surface area (Å²) in [5, 5.41) is 2.95. The summed E-state index contributed by atoms with van der Waals surface area (Å²) < 4.78 is 13.0. The van der Waals surface area contributed by atoms with Crippen LogP contribution in [-0.2, 0) is 9.59 Å². The molecule has 1 N–H and O–H groups in total. The molecule has 0 unspecified atom stereocenters. The van der Waals surface area contributed by atoms with Crippen LogP contribution < -0.4 is 5.32 Å². The molecule has 4 heteroatoms. The standard InChI is InChI=1S/C9H14FNO2/c1-6(10)8-3-11-2-7(4-12)9(8)5-13/h4-9,11H,2-3H2,1H3/t6-,7+,8+,9+/m0/s1. The Morgan fingerprint density at radius 3 is 2.54 bits per heavy atom. The van der Waals surface area contributed by atoms with Crippen LogP contribution in [0.4, 0.5) is 4.39 Å². The zero-order valence-corrected chi connectivity index (χ0v) is 7.57. The van der Waals surface area contributed by atoms with Crippen molar-refractivity contribution in [1.29, 1.82) is 0 Å². The largest absolute Gasteiger partial charge is 0.316 e.